The van der Waals surface area contributed by atoms with Crippen molar-refractivity contribution in [3.8, 4) is 10.6 Å². The van der Waals surface area contributed by atoms with Crippen LogP contribution in [0.3, 0.4) is 0 Å². The lowest BCUT2D eigenvalue weighted by Crippen LogP contribution is -2.30. The molecule has 0 fully saturated rings. The fourth-order valence-electron chi connectivity index (χ4n) is 4.03. The second-order valence-electron chi connectivity index (χ2n) is 7.72. The first-order chi connectivity index (χ1) is 16.0. The number of aliphatic hydroxyl groups is 1. The number of aliphatic hydroxyl groups excluding tert-OH is 1. The van der Waals surface area contributed by atoms with Gasteiger partial charge < -0.3 is 10.0 Å². The summed E-state index contributed by atoms with van der Waals surface area (Å²) in [7, 11) is 0. The fourth-order valence-corrected chi connectivity index (χ4v) is 5.76. The third kappa shape index (κ3) is 3.90. The Balaban J connectivity index is 1.57. The van der Waals surface area contributed by atoms with E-state index in [2.05, 4.69) is 4.98 Å². The summed E-state index contributed by atoms with van der Waals surface area (Å²) in [5.74, 6) is -1.38. The molecule has 7 heteroatoms. The molecule has 0 saturated carbocycles. The average Bonchev–Trinajstić information content (AvgIpc) is 3.55. The van der Waals surface area contributed by atoms with Crippen LogP contribution in [0.4, 0.5) is 0 Å². The van der Waals surface area contributed by atoms with Crippen LogP contribution in [0.15, 0.2) is 89.5 Å². The van der Waals surface area contributed by atoms with Crippen LogP contribution in [-0.4, -0.2) is 26.7 Å². The Hall–Kier alpha value is -3.55. The van der Waals surface area contributed by atoms with E-state index < -0.39 is 17.7 Å². The summed E-state index contributed by atoms with van der Waals surface area (Å²) in [6.45, 7) is 2.10. The number of carbonyl (C=O) groups is 2. The molecule has 0 bridgehead atoms. The molecule has 1 amide bonds. The zero-order valence-electron chi connectivity index (χ0n) is 17.8. The number of hydrogen-bond acceptors (Lipinski definition) is 6. The molecule has 164 valence electrons. The maximum atomic E-state index is 13.8. The summed E-state index contributed by atoms with van der Waals surface area (Å²) < 4.78 is 0. The molecule has 5 nitrogen and oxygen atoms in total. The molecule has 5 rings (SSSR count). The average molecular weight is 473 g/mol. The number of benzene rings is 2. The van der Waals surface area contributed by atoms with Gasteiger partial charge in [0.2, 0.25) is 5.78 Å². The van der Waals surface area contributed by atoms with Gasteiger partial charge in [0, 0.05) is 10.4 Å². The number of aryl methyl sites for hydroxylation is 1. The summed E-state index contributed by atoms with van der Waals surface area (Å²) >= 11 is 2.81. The number of thiophene rings is 1. The van der Waals surface area contributed by atoms with Crippen LogP contribution in [0.25, 0.3) is 10.6 Å². The Bertz CT molecular complexity index is 1340. The number of aromatic nitrogens is 1. The van der Waals surface area contributed by atoms with Crippen molar-refractivity contribution in [3.63, 3.8) is 0 Å². The Morgan fingerprint density at radius 2 is 1.73 bits per heavy atom. The third-order valence-electron chi connectivity index (χ3n) is 5.59. The van der Waals surface area contributed by atoms with E-state index >= 15 is 0 Å². The molecular formula is C26H20N2O3S2. The lowest BCUT2D eigenvalue weighted by molar-refractivity contribution is -0.130. The van der Waals surface area contributed by atoms with Crippen molar-refractivity contribution in [1.29, 1.82) is 0 Å². The van der Waals surface area contributed by atoms with E-state index in [1.165, 1.54) is 22.7 Å². The zero-order valence-corrected chi connectivity index (χ0v) is 19.4. The topological polar surface area (TPSA) is 70.5 Å². The smallest absolute Gasteiger partial charge is 0.290 e. The minimum Gasteiger partial charge on any atom is -0.503 e. The molecular weight excluding hydrogens is 452 g/mol. The Labute approximate surface area is 199 Å². The van der Waals surface area contributed by atoms with Gasteiger partial charge in [-0.25, -0.2) is 4.98 Å². The van der Waals surface area contributed by atoms with Gasteiger partial charge in [0.05, 0.1) is 28.7 Å². The van der Waals surface area contributed by atoms with Crippen molar-refractivity contribution in [2.75, 3.05) is 0 Å². The van der Waals surface area contributed by atoms with E-state index in [9.17, 15) is 14.7 Å². The zero-order chi connectivity index (χ0) is 22.9. The third-order valence-corrected chi connectivity index (χ3v) is 7.66. The molecule has 1 aliphatic rings. The van der Waals surface area contributed by atoms with Crippen molar-refractivity contribution in [3.05, 3.63) is 111 Å². The maximum absolute atomic E-state index is 13.8. The lowest BCUT2D eigenvalue weighted by atomic mass is 9.95. The van der Waals surface area contributed by atoms with Gasteiger partial charge in [-0.15, -0.1) is 22.7 Å². The highest BCUT2D eigenvalue weighted by atomic mass is 32.1. The Kier molecular flexibility index (Phi) is 5.66. The predicted octanol–water partition coefficient (Wildman–Crippen LogP) is 5.96. The first-order valence-corrected chi connectivity index (χ1v) is 12.1. The molecule has 0 spiro atoms. The molecule has 4 aromatic rings. The molecule has 2 aromatic carbocycles. The largest absolute Gasteiger partial charge is 0.503 e. The quantitative estimate of drug-likeness (QED) is 0.352. The van der Waals surface area contributed by atoms with Crippen LogP contribution in [0.2, 0.25) is 0 Å². The van der Waals surface area contributed by atoms with E-state index in [4.69, 9.17) is 0 Å². The summed E-state index contributed by atoms with van der Waals surface area (Å²) in [6.07, 6.45) is 0. The van der Waals surface area contributed by atoms with Gasteiger partial charge in [0.25, 0.3) is 5.91 Å². The van der Waals surface area contributed by atoms with Gasteiger partial charge in [-0.3, -0.25) is 9.59 Å². The molecule has 0 saturated heterocycles. The van der Waals surface area contributed by atoms with Crippen LogP contribution < -0.4 is 0 Å². The minimum atomic E-state index is -0.671. The van der Waals surface area contributed by atoms with Crippen molar-refractivity contribution < 1.29 is 14.7 Å². The lowest BCUT2D eigenvalue weighted by Gasteiger charge is -2.26. The highest BCUT2D eigenvalue weighted by molar-refractivity contribution is 7.17. The van der Waals surface area contributed by atoms with Crippen molar-refractivity contribution in [1.82, 2.24) is 9.88 Å². The summed E-state index contributed by atoms with van der Waals surface area (Å²) in [5.41, 5.74) is 2.39. The van der Waals surface area contributed by atoms with Gasteiger partial charge in [-0.2, -0.15) is 0 Å². The Morgan fingerprint density at radius 3 is 2.39 bits per heavy atom. The number of carbonyl (C=O) groups excluding carboxylic acids is 2. The standard InChI is InChI=1S/C26H20N2O3S2/c1-16-24(33-25(27-16)18-11-6-3-7-12-18)22(29)20-21(17-9-4-2-5-10-17)28(26(31)23(20)30)15-19-13-8-14-32-19/h2-14,21,30H,15H2,1H3. The van der Waals surface area contributed by atoms with E-state index in [1.807, 2.05) is 78.2 Å². The summed E-state index contributed by atoms with van der Waals surface area (Å²) in [6, 6.07) is 22.2. The number of thiazole rings is 1. The highest BCUT2D eigenvalue weighted by Gasteiger charge is 2.44. The molecule has 1 aliphatic heterocycles. The molecule has 3 heterocycles. The molecule has 0 aliphatic carbocycles. The molecule has 1 atom stereocenters. The SMILES string of the molecule is Cc1nc(-c2ccccc2)sc1C(=O)C1=C(O)C(=O)N(Cc2cccs2)C1c1ccccc1. The van der Waals surface area contributed by atoms with Gasteiger partial charge in [-0.05, 0) is 23.9 Å². The van der Waals surface area contributed by atoms with Crippen LogP contribution in [0, 0.1) is 6.92 Å². The van der Waals surface area contributed by atoms with Gasteiger partial charge in [-0.1, -0.05) is 66.7 Å². The normalized spacial score (nSPS) is 16.0. The van der Waals surface area contributed by atoms with E-state index in [-0.39, 0.29) is 11.4 Å². The first-order valence-electron chi connectivity index (χ1n) is 10.4. The van der Waals surface area contributed by atoms with Crippen LogP contribution in [0.1, 0.15) is 31.8 Å². The number of hydrogen-bond donors (Lipinski definition) is 1. The number of nitrogens with zero attached hydrogens (tertiary/aromatic N) is 2. The van der Waals surface area contributed by atoms with E-state index in [0.29, 0.717) is 17.1 Å². The number of ketones is 1. The van der Waals surface area contributed by atoms with Crippen LogP contribution in [0.5, 0.6) is 0 Å². The van der Waals surface area contributed by atoms with Crippen molar-refractivity contribution >= 4 is 34.4 Å². The predicted molar refractivity (Wildman–Crippen MR) is 130 cm³/mol. The minimum absolute atomic E-state index is 0.106. The van der Waals surface area contributed by atoms with Gasteiger partial charge in [0.15, 0.2) is 5.76 Å². The second kappa shape index (κ2) is 8.77. The molecule has 1 unspecified atom stereocenters. The Morgan fingerprint density at radius 1 is 1.03 bits per heavy atom. The summed E-state index contributed by atoms with van der Waals surface area (Å²) in [4.78, 5) is 34.5. The van der Waals surface area contributed by atoms with Gasteiger partial charge >= 0.3 is 0 Å². The summed E-state index contributed by atoms with van der Waals surface area (Å²) in [5, 5.41) is 13.6. The van der Waals surface area contributed by atoms with E-state index in [0.717, 1.165) is 21.0 Å². The van der Waals surface area contributed by atoms with Crippen LogP contribution >= 0.6 is 22.7 Å². The van der Waals surface area contributed by atoms with Crippen molar-refractivity contribution in [2.24, 2.45) is 0 Å². The van der Waals surface area contributed by atoms with E-state index in [1.54, 1.807) is 11.8 Å². The highest BCUT2D eigenvalue weighted by Crippen LogP contribution is 2.41. The van der Waals surface area contributed by atoms with Crippen LogP contribution in [-0.2, 0) is 11.3 Å². The molecule has 33 heavy (non-hydrogen) atoms. The van der Waals surface area contributed by atoms with Crippen molar-refractivity contribution in [2.45, 2.75) is 19.5 Å². The number of rotatable bonds is 6. The number of amides is 1. The molecule has 1 N–H and O–H groups in total. The molecule has 2 aromatic heterocycles. The first kappa shape index (κ1) is 21.3. The second-order valence-corrected chi connectivity index (χ2v) is 9.75. The fraction of sp³-hybridized carbons (Fsp3) is 0.115. The number of Topliss-reactive ketones (excluding diaryl/α,β-unsaturated/α-hetero) is 1. The van der Waals surface area contributed by atoms with Gasteiger partial charge in [0.1, 0.15) is 5.01 Å². The monoisotopic (exact) mass is 472 g/mol. The maximum Gasteiger partial charge on any atom is 0.290 e. The molecule has 0 radical (unpaired) electrons.